The Bertz CT molecular complexity index is 248. The number of aliphatic hydroxyl groups is 1. The minimum absolute atomic E-state index is 0.115. The molecule has 100 valence electrons. The molecule has 0 aromatic heterocycles. The predicted molar refractivity (Wildman–Crippen MR) is 70.2 cm³/mol. The van der Waals surface area contributed by atoms with Gasteiger partial charge in [0.15, 0.2) is 0 Å². The van der Waals surface area contributed by atoms with Crippen LogP contribution in [-0.4, -0.2) is 61.0 Å². The Morgan fingerprint density at radius 1 is 1.53 bits per heavy atom. The average molecular weight is 242 g/mol. The highest BCUT2D eigenvalue weighted by Crippen LogP contribution is 2.09. The molecule has 1 fully saturated rings. The minimum Gasteiger partial charge on any atom is -0.395 e. The fourth-order valence-electron chi connectivity index (χ4n) is 1.80. The molecule has 1 rings (SSSR count). The zero-order valence-corrected chi connectivity index (χ0v) is 11.3. The molecule has 2 N–H and O–H groups in total. The molecule has 4 heteroatoms. The number of nitrogens with one attached hydrogen (secondary N) is 1. The highest BCUT2D eigenvalue weighted by Gasteiger charge is 2.22. The third-order valence-corrected chi connectivity index (χ3v) is 2.86. The second-order valence-electron chi connectivity index (χ2n) is 5.74. The minimum atomic E-state index is 0.115. The van der Waals surface area contributed by atoms with Crippen molar-refractivity contribution in [3.63, 3.8) is 0 Å². The fourth-order valence-corrected chi connectivity index (χ4v) is 1.80. The van der Waals surface area contributed by atoms with Gasteiger partial charge in [-0.3, -0.25) is 4.90 Å². The highest BCUT2D eigenvalue weighted by molar-refractivity contribution is 5.02. The summed E-state index contributed by atoms with van der Waals surface area (Å²) in [5, 5.41) is 12.7. The number of hydrogen-bond donors (Lipinski definition) is 2. The molecule has 0 spiro atoms. The zero-order valence-electron chi connectivity index (χ0n) is 11.3. The molecule has 0 aromatic carbocycles. The van der Waals surface area contributed by atoms with Crippen LogP contribution < -0.4 is 5.32 Å². The molecule has 1 aliphatic rings. The number of ether oxygens (including phenoxy) is 1. The summed E-state index contributed by atoms with van der Waals surface area (Å²) in [5.41, 5.74) is 1.27. The lowest BCUT2D eigenvalue weighted by molar-refractivity contribution is -0.0232. The van der Waals surface area contributed by atoms with E-state index in [1.807, 2.05) is 0 Å². The first-order chi connectivity index (χ1) is 7.92. The number of rotatable bonds is 5. The van der Waals surface area contributed by atoms with E-state index in [0.717, 1.165) is 31.8 Å². The van der Waals surface area contributed by atoms with Crippen molar-refractivity contribution in [1.29, 1.82) is 0 Å². The number of nitrogens with zero attached hydrogens (tertiary/aromatic N) is 1. The molecule has 0 aliphatic carbocycles. The zero-order chi connectivity index (χ0) is 12.9. The lowest BCUT2D eigenvalue weighted by Gasteiger charge is -2.35. The van der Waals surface area contributed by atoms with Gasteiger partial charge in [0.05, 0.1) is 25.9 Å². The van der Waals surface area contributed by atoms with Gasteiger partial charge in [0.1, 0.15) is 0 Å². The highest BCUT2D eigenvalue weighted by atomic mass is 16.5. The smallest absolute Gasteiger partial charge is 0.0644 e. The molecule has 0 aromatic rings. The summed E-state index contributed by atoms with van der Waals surface area (Å²) in [4.78, 5) is 2.25. The SMILES string of the molecule is C=C(CNC(C)(C)C)CN1CCOCC1CO. The maximum Gasteiger partial charge on any atom is 0.0644 e. The van der Waals surface area contributed by atoms with Gasteiger partial charge in [-0.25, -0.2) is 0 Å². The Balaban J connectivity index is 2.33. The van der Waals surface area contributed by atoms with Crippen molar-refractivity contribution in [2.24, 2.45) is 0 Å². The molecule has 4 nitrogen and oxygen atoms in total. The molecule has 1 aliphatic heterocycles. The first kappa shape index (κ1) is 14.6. The van der Waals surface area contributed by atoms with Crippen LogP contribution in [0.2, 0.25) is 0 Å². The van der Waals surface area contributed by atoms with Crippen LogP contribution in [0, 0.1) is 0 Å². The van der Waals surface area contributed by atoms with E-state index in [9.17, 15) is 5.11 Å². The first-order valence-electron chi connectivity index (χ1n) is 6.26. The van der Waals surface area contributed by atoms with Gasteiger partial charge >= 0.3 is 0 Å². The van der Waals surface area contributed by atoms with Crippen molar-refractivity contribution in [3.8, 4) is 0 Å². The van der Waals surface area contributed by atoms with E-state index >= 15 is 0 Å². The van der Waals surface area contributed by atoms with E-state index in [1.54, 1.807) is 0 Å². The van der Waals surface area contributed by atoms with Crippen molar-refractivity contribution in [3.05, 3.63) is 12.2 Å². The normalized spacial score (nSPS) is 22.7. The van der Waals surface area contributed by atoms with Crippen molar-refractivity contribution in [1.82, 2.24) is 10.2 Å². The maximum atomic E-state index is 9.27. The van der Waals surface area contributed by atoms with Crippen molar-refractivity contribution < 1.29 is 9.84 Å². The van der Waals surface area contributed by atoms with Gasteiger partial charge in [-0.2, -0.15) is 0 Å². The number of aliphatic hydroxyl groups excluding tert-OH is 1. The van der Waals surface area contributed by atoms with Gasteiger partial charge in [-0.15, -0.1) is 0 Å². The summed E-state index contributed by atoms with van der Waals surface area (Å²) in [6.45, 7) is 14.6. The van der Waals surface area contributed by atoms with Crippen LogP contribution in [-0.2, 0) is 4.74 Å². The Hall–Kier alpha value is -0.420. The summed E-state index contributed by atoms with van der Waals surface area (Å²) >= 11 is 0. The Morgan fingerprint density at radius 3 is 2.82 bits per heavy atom. The summed E-state index contributed by atoms with van der Waals surface area (Å²) < 4.78 is 5.35. The van der Waals surface area contributed by atoms with Crippen LogP contribution in [0.5, 0.6) is 0 Å². The Morgan fingerprint density at radius 2 is 2.24 bits per heavy atom. The number of hydrogen-bond acceptors (Lipinski definition) is 4. The Labute approximate surface area is 105 Å². The molecule has 0 amide bonds. The largest absolute Gasteiger partial charge is 0.395 e. The van der Waals surface area contributed by atoms with E-state index in [1.165, 1.54) is 0 Å². The van der Waals surface area contributed by atoms with Crippen LogP contribution in [0.3, 0.4) is 0 Å². The summed E-state index contributed by atoms with van der Waals surface area (Å²) in [6.07, 6.45) is 0. The molecule has 0 saturated carbocycles. The van der Waals surface area contributed by atoms with Crippen LogP contribution in [0.1, 0.15) is 20.8 Å². The molecule has 0 bridgehead atoms. The Kier molecular flexibility index (Phi) is 5.59. The molecular weight excluding hydrogens is 216 g/mol. The van der Waals surface area contributed by atoms with E-state index in [0.29, 0.717) is 6.61 Å². The monoisotopic (exact) mass is 242 g/mol. The first-order valence-corrected chi connectivity index (χ1v) is 6.26. The van der Waals surface area contributed by atoms with Gasteiger partial charge in [0.25, 0.3) is 0 Å². The maximum absolute atomic E-state index is 9.27. The van der Waals surface area contributed by atoms with Crippen LogP contribution in [0.4, 0.5) is 0 Å². The van der Waals surface area contributed by atoms with Crippen LogP contribution in [0.15, 0.2) is 12.2 Å². The van der Waals surface area contributed by atoms with E-state index in [-0.39, 0.29) is 18.2 Å². The van der Waals surface area contributed by atoms with Crippen molar-refractivity contribution >= 4 is 0 Å². The molecule has 17 heavy (non-hydrogen) atoms. The predicted octanol–water partition coefficient (Wildman–Crippen LogP) is 0.624. The van der Waals surface area contributed by atoms with E-state index in [2.05, 4.69) is 37.6 Å². The van der Waals surface area contributed by atoms with E-state index in [4.69, 9.17) is 4.74 Å². The second-order valence-corrected chi connectivity index (χ2v) is 5.74. The van der Waals surface area contributed by atoms with Crippen molar-refractivity contribution in [2.45, 2.75) is 32.4 Å². The summed E-state index contributed by atoms with van der Waals surface area (Å²) in [6, 6.07) is 0.120. The van der Waals surface area contributed by atoms with Gasteiger partial charge in [0.2, 0.25) is 0 Å². The third kappa shape index (κ3) is 5.64. The molecule has 1 heterocycles. The summed E-state index contributed by atoms with van der Waals surface area (Å²) in [7, 11) is 0. The van der Waals surface area contributed by atoms with E-state index < -0.39 is 0 Å². The molecule has 1 unspecified atom stereocenters. The van der Waals surface area contributed by atoms with Gasteiger partial charge < -0.3 is 15.2 Å². The lowest BCUT2D eigenvalue weighted by atomic mass is 10.1. The quantitative estimate of drug-likeness (QED) is 0.694. The van der Waals surface area contributed by atoms with Gasteiger partial charge in [0, 0.05) is 25.2 Å². The van der Waals surface area contributed by atoms with Gasteiger partial charge in [-0.05, 0) is 26.3 Å². The lowest BCUT2D eigenvalue weighted by Crippen LogP contribution is -2.49. The summed E-state index contributed by atoms with van der Waals surface area (Å²) in [5.74, 6) is 0. The molecule has 0 radical (unpaired) electrons. The second kappa shape index (κ2) is 6.50. The van der Waals surface area contributed by atoms with Gasteiger partial charge in [-0.1, -0.05) is 6.58 Å². The van der Waals surface area contributed by atoms with Crippen molar-refractivity contribution in [2.75, 3.05) is 39.5 Å². The number of morpholine rings is 1. The van der Waals surface area contributed by atoms with Crippen LogP contribution >= 0.6 is 0 Å². The van der Waals surface area contributed by atoms with Crippen LogP contribution in [0.25, 0.3) is 0 Å². The molecule has 1 atom stereocenters. The fraction of sp³-hybridized carbons (Fsp3) is 0.846. The topological polar surface area (TPSA) is 44.7 Å². The third-order valence-electron chi connectivity index (χ3n) is 2.86. The standard InChI is InChI=1S/C13H26N2O2/c1-11(7-14-13(2,3)4)8-15-5-6-17-10-12(15)9-16/h12,14,16H,1,5-10H2,2-4H3. The average Bonchev–Trinajstić information content (AvgIpc) is 2.26. The molecule has 1 saturated heterocycles. The molecular formula is C13H26N2O2.